The van der Waals surface area contributed by atoms with E-state index in [1.165, 1.54) is 18.7 Å². The minimum Gasteiger partial charge on any atom is -0.462 e. The second kappa shape index (κ2) is 7.61. The number of hydrogen-bond acceptors (Lipinski definition) is 9. The predicted octanol–water partition coefficient (Wildman–Crippen LogP) is 2.57. The van der Waals surface area contributed by atoms with E-state index in [4.69, 9.17) is 16.3 Å². The van der Waals surface area contributed by atoms with E-state index in [0.717, 1.165) is 12.2 Å². The van der Waals surface area contributed by atoms with Crippen molar-refractivity contribution in [3.63, 3.8) is 0 Å². The summed E-state index contributed by atoms with van der Waals surface area (Å²) in [4.78, 5) is 30.3. The molecule has 0 radical (unpaired) electrons. The third-order valence-corrected chi connectivity index (χ3v) is 5.95. The Kier molecular flexibility index (Phi) is 5.59. The van der Waals surface area contributed by atoms with Crippen LogP contribution in [-0.2, 0) is 9.53 Å². The van der Waals surface area contributed by atoms with E-state index in [1.54, 1.807) is 12.2 Å². The van der Waals surface area contributed by atoms with E-state index in [0.29, 0.717) is 11.6 Å². The average molecular weight is 415 g/mol. The molecule has 1 saturated carbocycles. The molecular weight excluding hydrogens is 396 g/mol. The molecule has 0 amide bonds. The maximum absolute atomic E-state index is 11.5. The fourth-order valence-electron chi connectivity index (χ4n) is 3.27. The van der Waals surface area contributed by atoms with Gasteiger partial charge in [0.25, 0.3) is 0 Å². The van der Waals surface area contributed by atoms with Crippen molar-refractivity contribution in [1.82, 2.24) is 9.97 Å². The summed E-state index contributed by atoms with van der Waals surface area (Å²) in [7, 11) is 0. The van der Waals surface area contributed by atoms with Gasteiger partial charge in [-0.3, -0.25) is 14.9 Å². The van der Waals surface area contributed by atoms with E-state index < -0.39 is 40.2 Å². The quantitative estimate of drug-likeness (QED) is 0.131. The van der Waals surface area contributed by atoms with Crippen LogP contribution in [0.1, 0.15) is 26.7 Å². The maximum Gasteiger partial charge on any atom is 0.348 e. The molecule has 0 aromatic carbocycles. The van der Waals surface area contributed by atoms with Gasteiger partial charge in [-0.1, -0.05) is 42.4 Å². The van der Waals surface area contributed by atoms with E-state index in [1.807, 2.05) is 6.92 Å². The van der Waals surface area contributed by atoms with Gasteiger partial charge in [-0.05, 0) is 12.8 Å². The molecule has 1 heterocycles. The van der Waals surface area contributed by atoms with Crippen LogP contribution in [0.25, 0.3) is 0 Å². The van der Waals surface area contributed by atoms with Crippen LogP contribution in [-0.4, -0.2) is 50.0 Å². The summed E-state index contributed by atoms with van der Waals surface area (Å²) in [6.45, 7) is 3.30. The van der Waals surface area contributed by atoms with Crippen molar-refractivity contribution in [2.24, 2.45) is 5.41 Å². The van der Waals surface area contributed by atoms with Crippen LogP contribution in [0.15, 0.2) is 17.3 Å². The van der Waals surface area contributed by atoms with Crippen LogP contribution in [0.3, 0.4) is 0 Å². The number of carbonyl (C=O) groups excluding carboxylic acids is 1. The minimum absolute atomic E-state index is 0.0183. The van der Waals surface area contributed by atoms with Crippen molar-refractivity contribution < 1.29 is 19.6 Å². The molecule has 2 aliphatic carbocycles. The molecule has 0 bridgehead atoms. The summed E-state index contributed by atoms with van der Waals surface area (Å²) in [5, 5.41) is 24.9. The predicted molar refractivity (Wildman–Crippen MR) is 99.9 cm³/mol. The molecular formula is C16H19ClN4O5S. The highest BCUT2D eigenvalue weighted by Gasteiger charge is 2.67. The first-order chi connectivity index (χ1) is 12.8. The topological polar surface area (TPSA) is 127 Å². The van der Waals surface area contributed by atoms with Gasteiger partial charge in [-0.15, -0.1) is 0 Å². The number of nitro groups is 1. The van der Waals surface area contributed by atoms with Gasteiger partial charge in [-0.2, -0.15) is 4.98 Å². The smallest absolute Gasteiger partial charge is 0.348 e. The van der Waals surface area contributed by atoms with E-state index in [2.05, 4.69) is 15.3 Å². The van der Waals surface area contributed by atoms with Crippen molar-refractivity contribution in [3.8, 4) is 0 Å². The second-order valence-electron chi connectivity index (χ2n) is 6.47. The summed E-state index contributed by atoms with van der Waals surface area (Å²) < 4.78 is 5.24. The molecule has 9 nitrogen and oxygen atoms in total. The summed E-state index contributed by atoms with van der Waals surface area (Å²) in [6, 6.07) is -0.495. The zero-order valence-corrected chi connectivity index (χ0v) is 16.3. The Hall–Kier alpha value is -1.91. The van der Waals surface area contributed by atoms with Gasteiger partial charge in [0.2, 0.25) is 11.0 Å². The number of carbonyl (C=O) groups is 1. The maximum atomic E-state index is 11.5. The Balaban J connectivity index is 1.89. The second-order valence-corrected chi connectivity index (χ2v) is 7.89. The Morgan fingerprint density at radius 3 is 2.93 bits per heavy atom. The zero-order chi connectivity index (χ0) is 19.8. The minimum atomic E-state index is -0.829. The summed E-state index contributed by atoms with van der Waals surface area (Å²) in [5.41, 5.74) is -1.18. The number of hydrogen-bond donors (Lipinski definition) is 2. The highest BCUT2D eigenvalue weighted by atomic mass is 35.5. The Labute approximate surface area is 164 Å². The Morgan fingerprint density at radius 1 is 1.56 bits per heavy atom. The number of aromatic nitrogens is 2. The van der Waals surface area contributed by atoms with Gasteiger partial charge in [0, 0.05) is 12.7 Å². The van der Waals surface area contributed by atoms with Gasteiger partial charge < -0.3 is 15.2 Å². The van der Waals surface area contributed by atoms with Crippen LogP contribution in [0.4, 0.5) is 11.5 Å². The molecule has 0 saturated heterocycles. The van der Waals surface area contributed by atoms with Crippen molar-refractivity contribution in [2.45, 2.75) is 50.1 Å². The number of nitrogens with one attached hydrogen (secondary N) is 1. The number of thioether (sulfide) groups is 1. The standard InChI is InChI=1S/C16H19ClN4O5S/c1-3-6-27-15-19-13(17)12(21(24)25)14(20-15)18-9-4-5-10(23)16(9)7-11(16)26-8(2)22/h4-5,9-11,23H,3,6-7H2,1-2H3,(H,18,19,20)/t9-,10+,11?,16?/m0/s1. The molecule has 3 rings (SSSR count). The van der Waals surface area contributed by atoms with Crippen molar-refractivity contribution in [2.75, 3.05) is 11.1 Å². The van der Waals surface area contributed by atoms with Crippen LogP contribution in [0.5, 0.6) is 0 Å². The summed E-state index contributed by atoms with van der Waals surface area (Å²) in [5.74, 6) is 0.285. The fraction of sp³-hybridized carbons (Fsp3) is 0.562. The number of anilines is 1. The lowest BCUT2D eigenvalue weighted by Gasteiger charge is -2.24. The first kappa shape index (κ1) is 19.8. The number of ether oxygens (including phenoxy) is 1. The zero-order valence-electron chi connectivity index (χ0n) is 14.7. The van der Waals surface area contributed by atoms with E-state index >= 15 is 0 Å². The molecule has 146 valence electrons. The van der Waals surface area contributed by atoms with Crippen molar-refractivity contribution in [1.29, 1.82) is 0 Å². The summed E-state index contributed by atoms with van der Waals surface area (Å²) in [6.07, 6.45) is 3.32. The van der Waals surface area contributed by atoms with Gasteiger partial charge in [-0.25, -0.2) is 4.98 Å². The molecule has 2 N–H and O–H groups in total. The van der Waals surface area contributed by atoms with Gasteiger partial charge in [0.15, 0.2) is 5.16 Å². The molecule has 0 aliphatic heterocycles. The van der Waals surface area contributed by atoms with Crippen LogP contribution >= 0.6 is 23.4 Å². The van der Waals surface area contributed by atoms with Crippen LogP contribution in [0, 0.1) is 15.5 Å². The Bertz CT molecular complexity index is 807. The van der Waals surface area contributed by atoms with E-state index in [9.17, 15) is 20.0 Å². The largest absolute Gasteiger partial charge is 0.462 e. The average Bonchev–Trinajstić information content (AvgIpc) is 3.21. The lowest BCUT2D eigenvalue weighted by Crippen LogP contribution is -2.36. The molecule has 1 aromatic heterocycles. The third kappa shape index (κ3) is 3.74. The molecule has 2 unspecified atom stereocenters. The molecule has 4 atom stereocenters. The van der Waals surface area contributed by atoms with Crippen LogP contribution < -0.4 is 5.32 Å². The first-order valence-electron chi connectivity index (χ1n) is 8.44. The number of esters is 1. The molecule has 2 aliphatic rings. The number of rotatable bonds is 7. The summed E-state index contributed by atoms with van der Waals surface area (Å²) >= 11 is 7.37. The van der Waals surface area contributed by atoms with Gasteiger partial charge in [0.1, 0.15) is 6.10 Å². The van der Waals surface area contributed by atoms with Gasteiger partial charge in [0.05, 0.1) is 22.5 Å². The lowest BCUT2D eigenvalue weighted by atomic mass is 9.96. The first-order valence-corrected chi connectivity index (χ1v) is 9.80. The molecule has 11 heteroatoms. The molecule has 1 aromatic rings. The SMILES string of the molecule is CCCSc1nc(Cl)c([N+](=O)[O-])c(N[C@H]2C=C[C@@H](O)C23CC3OC(C)=O)n1. The fourth-order valence-corrected chi connectivity index (χ4v) is 4.26. The van der Waals surface area contributed by atoms with Crippen molar-refractivity contribution in [3.05, 3.63) is 27.4 Å². The van der Waals surface area contributed by atoms with Crippen LogP contribution in [0.2, 0.25) is 5.15 Å². The monoisotopic (exact) mass is 414 g/mol. The number of halogens is 1. The third-order valence-electron chi connectivity index (χ3n) is 4.63. The normalized spacial score (nSPS) is 28.4. The lowest BCUT2D eigenvalue weighted by molar-refractivity contribution is -0.384. The molecule has 1 fully saturated rings. The Morgan fingerprint density at radius 2 is 2.30 bits per heavy atom. The molecule has 27 heavy (non-hydrogen) atoms. The van der Waals surface area contributed by atoms with E-state index in [-0.39, 0.29) is 11.0 Å². The number of aliphatic hydroxyl groups is 1. The highest BCUT2D eigenvalue weighted by Crippen LogP contribution is 2.58. The number of nitrogens with zero attached hydrogens (tertiary/aromatic N) is 3. The van der Waals surface area contributed by atoms with Gasteiger partial charge >= 0.3 is 11.7 Å². The highest BCUT2D eigenvalue weighted by molar-refractivity contribution is 7.99. The van der Waals surface area contributed by atoms with Crippen molar-refractivity contribution >= 4 is 40.8 Å². The molecule has 1 spiro atoms. The number of aliphatic hydroxyl groups excluding tert-OH is 1.